The van der Waals surface area contributed by atoms with Gasteiger partial charge in [-0.2, -0.15) is 5.10 Å². The molecule has 2 aromatic heterocycles. The number of amides is 1. The number of benzene rings is 2. The van der Waals surface area contributed by atoms with E-state index in [9.17, 15) is 4.79 Å². The monoisotopic (exact) mass is 383 g/mol. The van der Waals surface area contributed by atoms with Crippen LogP contribution in [-0.4, -0.2) is 17.1 Å². The van der Waals surface area contributed by atoms with Crippen molar-refractivity contribution < 1.29 is 9.21 Å². The van der Waals surface area contributed by atoms with Crippen molar-refractivity contribution in [2.75, 3.05) is 0 Å². The second-order valence-electron chi connectivity index (χ2n) is 7.06. The summed E-state index contributed by atoms with van der Waals surface area (Å²) in [7, 11) is 0. The van der Waals surface area contributed by atoms with Crippen LogP contribution in [0.1, 0.15) is 41.4 Å². The first kappa shape index (κ1) is 18.6. The molecule has 29 heavy (non-hydrogen) atoms. The number of hydrogen-bond acceptors (Lipinski definition) is 4. The number of hydrazone groups is 1. The largest absolute Gasteiger partial charge is 0.463 e. The molecule has 4 rings (SSSR count). The Hall–Kier alpha value is -3.73. The van der Waals surface area contributed by atoms with Crippen molar-refractivity contribution >= 4 is 23.0 Å². The van der Waals surface area contributed by atoms with E-state index in [1.54, 1.807) is 18.4 Å². The molecule has 1 amide bonds. The van der Waals surface area contributed by atoms with Crippen LogP contribution in [0.3, 0.4) is 0 Å². The van der Waals surface area contributed by atoms with Crippen LogP contribution >= 0.6 is 0 Å². The third kappa shape index (κ3) is 4.09. The Morgan fingerprint density at radius 2 is 1.86 bits per heavy atom. The zero-order chi connectivity index (χ0) is 20.2. The number of nitrogens with one attached hydrogen (secondary N) is 1. The van der Waals surface area contributed by atoms with E-state index in [-0.39, 0.29) is 5.91 Å². The average molecular weight is 383 g/mol. The Morgan fingerprint density at radius 3 is 2.59 bits per heavy atom. The molecule has 5 heteroatoms. The number of pyridine rings is 1. The third-order valence-corrected chi connectivity index (χ3v) is 4.73. The zero-order valence-corrected chi connectivity index (χ0v) is 16.3. The molecule has 5 nitrogen and oxygen atoms in total. The van der Waals surface area contributed by atoms with Crippen LogP contribution in [-0.2, 0) is 0 Å². The molecule has 2 heterocycles. The molecule has 0 saturated carbocycles. The maximum atomic E-state index is 12.8. The van der Waals surface area contributed by atoms with Gasteiger partial charge in [-0.15, -0.1) is 0 Å². The lowest BCUT2D eigenvalue weighted by atomic mass is 9.99. The van der Waals surface area contributed by atoms with Gasteiger partial charge in [0, 0.05) is 10.9 Å². The lowest BCUT2D eigenvalue weighted by Gasteiger charge is -2.10. The highest BCUT2D eigenvalue weighted by atomic mass is 16.3. The number of aromatic nitrogens is 1. The topological polar surface area (TPSA) is 67.5 Å². The first-order valence-corrected chi connectivity index (χ1v) is 9.49. The number of rotatable bonds is 5. The number of carbonyl (C=O) groups excluding carboxylic acids is 1. The molecule has 0 atom stereocenters. The van der Waals surface area contributed by atoms with Gasteiger partial charge in [-0.05, 0) is 35.7 Å². The van der Waals surface area contributed by atoms with Crippen molar-refractivity contribution in [3.63, 3.8) is 0 Å². The number of fused-ring (bicyclic) bond motifs is 1. The Labute approximate surface area is 169 Å². The summed E-state index contributed by atoms with van der Waals surface area (Å²) in [5.41, 5.74) is 6.84. The van der Waals surface area contributed by atoms with Gasteiger partial charge in [0.2, 0.25) is 0 Å². The van der Waals surface area contributed by atoms with Gasteiger partial charge in [-0.3, -0.25) is 4.79 Å². The smallest absolute Gasteiger partial charge is 0.272 e. The molecule has 4 aromatic rings. The van der Waals surface area contributed by atoms with Gasteiger partial charge in [-0.1, -0.05) is 56.3 Å². The Kier molecular flexibility index (Phi) is 5.20. The molecule has 0 unspecified atom stereocenters. The van der Waals surface area contributed by atoms with E-state index >= 15 is 0 Å². The Balaban J connectivity index is 1.69. The van der Waals surface area contributed by atoms with E-state index in [1.165, 1.54) is 11.8 Å². The van der Waals surface area contributed by atoms with Crippen LogP contribution in [0.4, 0.5) is 0 Å². The molecule has 0 aliphatic carbocycles. The second kappa shape index (κ2) is 8.10. The fourth-order valence-electron chi connectivity index (χ4n) is 3.13. The minimum absolute atomic E-state index is 0.300. The Bertz CT molecular complexity index is 1160. The molecule has 0 aliphatic heterocycles. The summed E-state index contributed by atoms with van der Waals surface area (Å²) in [6.07, 6.45) is 3.02. The molecular formula is C24H21N3O2. The molecule has 0 saturated heterocycles. The molecule has 0 spiro atoms. The van der Waals surface area contributed by atoms with E-state index in [4.69, 9.17) is 9.40 Å². The predicted molar refractivity (Wildman–Crippen MR) is 115 cm³/mol. The van der Waals surface area contributed by atoms with Gasteiger partial charge in [0.15, 0.2) is 0 Å². The van der Waals surface area contributed by atoms with E-state index in [0.717, 1.165) is 22.2 Å². The van der Waals surface area contributed by atoms with Gasteiger partial charge < -0.3 is 4.42 Å². The second-order valence-corrected chi connectivity index (χ2v) is 7.06. The van der Waals surface area contributed by atoms with Gasteiger partial charge in [0.05, 0.1) is 29.3 Å². The highest BCUT2D eigenvalue weighted by Crippen LogP contribution is 2.26. The van der Waals surface area contributed by atoms with Crippen LogP contribution in [0.5, 0.6) is 0 Å². The first-order chi connectivity index (χ1) is 14.1. The van der Waals surface area contributed by atoms with E-state index in [2.05, 4.69) is 36.5 Å². The van der Waals surface area contributed by atoms with Crippen LogP contribution < -0.4 is 5.43 Å². The summed E-state index contributed by atoms with van der Waals surface area (Å²) in [4.78, 5) is 17.6. The van der Waals surface area contributed by atoms with Gasteiger partial charge in [-0.25, -0.2) is 10.4 Å². The zero-order valence-electron chi connectivity index (χ0n) is 16.3. The van der Waals surface area contributed by atoms with Crippen molar-refractivity contribution in [3.8, 4) is 11.3 Å². The molecule has 144 valence electrons. The number of carbonyl (C=O) groups is 1. The van der Waals surface area contributed by atoms with E-state index in [0.29, 0.717) is 17.2 Å². The van der Waals surface area contributed by atoms with Crippen LogP contribution in [0, 0.1) is 0 Å². The average Bonchev–Trinajstić information content (AvgIpc) is 3.26. The Morgan fingerprint density at radius 1 is 1.07 bits per heavy atom. The SMILES string of the molecule is CC(C)c1ccc(-c2cc(C(=O)NN=Cc3ccco3)c3ccccc3n2)cc1. The standard InChI is InChI=1S/C24H21N3O2/c1-16(2)17-9-11-18(12-10-17)23-14-21(20-7-3-4-8-22(20)26-23)24(28)27-25-15-19-6-5-13-29-19/h3-16H,1-2H3,(H,27,28). The quantitative estimate of drug-likeness (QED) is 0.371. The molecule has 0 aliphatic rings. The number of hydrogen-bond donors (Lipinski definition) is 1. The summed E-state index contributed by atoms with van der Waals surface area (Å²) < 4.78 is 5.18. The van der Waals surface area contributed by atoms with Crippen molar-refractivity contribution in [1.29, 1.82) is 0 Å². The first-order valence-electron chi connectivity index (χ1n) is 9.49. The summed E-state index contributed by atoms with van der Waals surface area (Å²) in [6.45, 7) is 4.32. The fourth-order valence-corrected chi connectivity index (χ4v) is 3.13. The van der Waals surface area contributed by atoms with E-state index < -0.39 is 0 Å². The summed E-state index contributed by atoms with van der Waals surface area (Å²) >= 11 is 0. The number of furan rings is 1. The maximum Gasteiger partial charge on any atom is 0.272 e. The molecule has 0 bridgehead atoms. The van der Waals surface area contributed by atoms with Crippen LogP contribution in [0.2, 0.25) is 0 Å². The molecule has 1 N–H and O–H groups in total. The minimum atomic E-state index is -0.300. The van der Waals surface area contributed by atoms with Crippen LogP contribution in [0.15, 0.2) is 82.5 Å². The summed E-state index contributed by atoms with van der Waals surface area (Å²) in [5.74, 6) is 0.726. The maximum absolute atomic E-state index is 12.8. The lowest BCUT2D eigenvalue weighted by molar-refractivity contribution is 0.0956. The number of para-hydroxylation sites is 1. The van der Waals surface area contributed by atoms with Gasteiger partial charge in [0.25, 0.3) is 5.91 Å². The predicted octanol–water partition coefficient (Wildman–Crippen LogP) is 5.38. The molecule has 0 fully saturated rings. The molecular weight excluding hydrogens is 362 g/mol. The highest BCUT2D eigenvalue weighted by Gasteiger charge is 2.14. The lowest BCUT2D eigenvalue weighted by Crippen LogP contribution is -2.18. The molecule has 0 radical (unpaired) electrons. The van der Waals surface area contributed by atoms with Gasteiger partial charge in [0.1, 0.15) is 5.76 Å². The third-order valence-electron chi connectivity index (χ3n) is 4.73. The normalized spacial score (nSPS) is 11.4. The van der Waals surface area contributed by atoms with Crippen molar-refractivity contribution in [2.45, 2.75) is 19.8 Å². The fraction of sp³-hybridized carbons (Fsp3) is 0.125. The molecule has 2 aromatic carbocycles. The van der Waals surface area contributed by atoms with Crippen molar-refractivity contribution in [2.24, 2.45) is 5.10 Å². The van der Waals surface area contributed by atoms with Crippen molar-refractivity contribution in [1.82, 2.24) is 10.4 Å². The highest BCUT2D eigenvalue weighted by molar-refractivity contribution is 6.07. The van der Waals surface area contributed by atoms with Gasteiger partial charge >= 0.3 is 0 Å². The van der Waals surface area contributed by atoms with Crippen LogP contribution in [0.25, 0.3) is 22.2 Å². The summed E-state index contributed by atoms with van der Waals surface area (Å²) in [6, 6.07) is 21.2. The van der Waals surface area contributed by atoms with E-state index in [1.807, 2.05) is 42.5 Å². The van der Waals surface area contributed by atoms with Crippen molar-refractivity contribution in [3.05, 3.63) is 89.9 Å². The minimum Gasteiger partial charge on any atom is -0.463 e. The summed E-state index contributed by atoms with van der Waals surface area (Å²) in [5, 5.41) is 4.77. The number of nitrogens with zero attached hydrogens (tertiary/aromatic N) is 2.